The van der Waals surface area contributed by atoms with Crippen LogP contribution in [0.1, 0.15) is 12.1 Å². The Morgan fingerprint density at radius 3 is 2.82 bits per heavy atom. The Bertz CT molecular complexity index is 903. The van der Waals surface area contributed by atoms with E-state index in [-0.39, 0.29) is 0 Å². The first-order valence-electron chi connectivity index (χ1n) is 9.37. The minimum atomic E-state index is 0.613. The number of nitrogen functional groups attached to an aromatic ring is 1. The number of anilines is 3. The van der Waals surface area contributed by atoms with Crippen molar-refractivity contribution in [1.82, 2.24) is 15.3 Å². The number of rotatable bonds is 4. The highest BCUT2D eigenvalue weighted by Gasteiger charge is 2.20. The highest BCUT2D eigenvalue weighted by atomic mass is 35.5. The molecule has 0 radical (unpaired) electrons. The van der Waals surface area contributed by atoms with Crippen LogP contribution in [0.25, 0.3) is 0 Å². The summed E-state index contributed by atoms with van der Waals surface area (Å²) in [5.74, 6) is 0.794. The zero-order valence-electron chi connectivity index (χ0n) is 15.7. The molecular weight excluding hydrogens is 374 g/mol. The summed E-state index contributed by atoms with van der Waals surface area (Å²) in [7, 11) is 0. The Morgan fingerprint density at radius 2 is 2.04 bits per heavy atom. The van der Waals surface area contributed by atoms with Crippen LogP contribution in [0.5, 0.6) is 0 Å². The number of nitrogens with one attached hydrogen (secondary N) is 2. The van der Waals surface area contributed by atoms with Crippen LogP contribution in [0.4, 0.5) is 17.1 Å². The van der Waals surface area contributed by atoms with E-state index in [0.29, 0.717) is 5.02 Å². The van der Waals surface area contributed by atoms with Gasteiger partial charge in [-0.25, -0.2) is 0 Å². The van der Waals surface area contributed by atoms with E-state index in [0.717, 1.165) is 73.4 Å². The molecule has 0 atom stereocenters. The molecule has 0 aliphatic carbocycles. The topological polar surface area (TPSA) is 81.8 Å². The van der Waals surface area contributed by atoms with Crippen molar-refractivity contribution < 1.29 is 0 Å². The third-order valence-electron chi connectivity index (χ3n) is 5.06. The Morgan fingerprint density at radius 1 is 1.25 bits per heavy atom. The normalized spacial score (nSPS) is 17.8. The zero-order chi connectivity index (χ0) is 19.5. The molecule has 1 fully saturated rings. The van der Waals surface area contributed by atoms with Gasteiger partial charge in [0.25, 0.3) is 0 Å². The minimum Gasteiger partial charge on any atom is -0.397 e. The molecule has 2 aromatic rings. The van der Waals surface area contributed by atoms with E-state index in [4.69, 9.17) is 17.3 Å². The molecule has 1 saturated heterocycles. The molecule has 0 unspecified atom stereocenters. The molecule has 2 aliphatic heterocycles. The van der Waals surface area contributed by atoms with Gasteiger partial charge in [0.05, 0.1) is 27.8 Å². The molecule has 1 aromatic carbocycles. The fraction of sp³-hybridized carbons (Fsp3) is 0.300. The maximum absolute atomic E-state index is 6.10. The molecule has 28 heavy (non-hydrogen) atoms. The molecular formula is C20H24ClN7. The second kappa shape index (κ2) is 7.98. The van der Waals surface area contributed by atoms with Crippen LogP contribution < -0.4 is 21.4 Å². The van der Waals surface area contributed by atoms with Crippen molar-refractivity contribution >= 4 is 34.4 Å². The van der Waals surface area contributed by atoms with Crippen LogP contribution in [0, 0.1) is 0 Å². The van der Waals surface area contributed by atoms with Crippen LogP contribution in [-0.2, 0) is 0 Å². The van der Waals surface area contributed by atoms with Gasteiger partial charge >= 0.3 is 0 Å². The lowest BCUT2D eigenvalue weighted by Crippen LogP contribution is -2.47. The van der Waals surface area contributed by atoms with Crippen LogP contribution >= 0.6 is 11.6 Å². The lowest BCUT2D eigenvalue weighted by molar-refractivity contribution is 0.303. The van der Waals surface area contributed by atoms with Crippen molar-refractivity contribution in [3.63, 3.8) is 0 Å². The summed E-state index contributed by atoms with van der Waals surface area (Å²) < 4.78 is 0. The summed E-state index contributed by atoms with van der Waals surface area (Å²) in [6.07, 6.45) is 2.44. The van der Waals surface area contributed by atoms with Gasteiger partial charge in [-0.05, 0) is 18.2 Å². The summed E-state index contributed by atoms with van der Waals surface area (Å²) in [5, 5.41) is 8.48. The molecule has 0 saturated carbocycles. The lowest BCUT2D eigenvalue weighted by Gasteiger charge is -2.38. The molecule has 4 N–H and O–H groups in total. The van der Waals surface area contributed by atoms with Crippen LogP contribution in [0.3, 0.4) is 0 Å². The van der Waals surface area contributed by atoms with Crippen LogP contribution in [-0.4, -0.2) is 48.3 Å². The summed E-state index contributed by atoms with van der Waals surface area (Å²) in [6, 6.07) is 9.87. The molecule has 146 valence electrons. The Hall–Kier alpha value is -2.93. The predicted molar refractivity (Wildman–Crippen MR) is 116 cm³/mol. The molecule has 0 bridgehead atoms. The first kappa shape index (κ1) is 18.4. The van der Waals surface area contributed by atoms with Crippen LogP contribution in [0.2, 0.25) is 5.02 Å². The highest BCUT2D eigenvalue weighted by Crippen LogP contribution is 2.25. The monoisotopic (exact) mass is 397 g/mol. The van der Waals surface area contributed by atoms with Gasteiger partial charge in [0.2, 0.25) is 0 Å². The second-order valence-corrected chi connectivity index (χ2v) is 7.31. The summed E-state index contributed by atoms with van der Waals surface area (Å²) in [6.45, 7) is 8.45. The Labute approximate surface area is 169 Å². The number of nitrogens with two attached hydrogens (primary N) is 1. The molecule has 1 aromatic heterocycles. The number of benzene rings is 1. The number of aromatic nitrogens is 1. The molecule has 7 nitrogen and oxygen atoms in total. The molecule has 0 amide bonds. The Kier molecular flexibility index (Phi) is 5.25. The first-order valence-corrected chi connectivity index (χ1v) is 9.75. The molecule has 8 heteroatoms. The van der Waals surface area contributed by atoms with Crippen molar-refractivity contribution in [3.05, 3.63) is 59.6 Å². The van der Waals surface area contributed by atoms with Crippen LogP contribution in [0.15, 0.2) is 54.0 Å². The summed E-state index contributed by atoms with van der Waals surface area (Å²) >= 11 is 6.03. The quantitative estimate of drug-likeness (QED) is 0.543. The average Bonchev–Trinajstić information content (AvgIpc) is 2.72. The molecule has 2 aliphatic rings. The first-order chi connectivity index (χ1) is 13.6. The van der Waals surface area contributed by atoms with Gasteiger partial charge in [-0.3, -0.25) is 10.4 Å². The fourth-order valence-electron chi connectivity index (χ4n) is 3.54. The minimum absolute atomic E-state index is 0.613. The number of nitrogens with zero attached hydrogens (tertiary/aromatic N) is 4. The SMILES string of the molecule is C=C(N/N=C1/CCNc2cc(Cl)cnc21)N1CCN(c2ccccc2N)CC1. The van der Waals surface area contributed by atoms with Gasteiger partial charge in [-0.15, -0.1) is 0 Å². The highest BCUT2D eigenvalue weighted by molar-refractivity contribution is 6.31. The van der Waals surface area contributed by atoms with Gasteiger partial charge in [-0.2, -0.15) is 5.10 Å². The van der Waals surface area contributed by atoms with E-state index in [1.807, 2.05) is 24.3 Å². The van der Waals surface area contributed by atoms with Crippen molar-refractivity contribution in [2.75, 3.05) is 48.7 Å². The predicted octanol–water partition coefficient (Wildman–Crippen LogP) is 2.72. The number of para-hydroxylation sites is 2. The second-order valence-electron chi connectivity index (χ2n) is 6.88. The smallest absolute Gasteiger partial charge is 0.115 e. The molecule has 3 heterocycles. The van der Waals surface area contributed by atoms with Gasteiger partial charge in [-0.1, -0.05) is 30.3 Å². The van der Waals surface area contributed by atoms with E-state index in [1.165, 1.54) is 0 Å². The van der Waals surface area contributed by atoms with Crippen molar-refractivity contribution in [3.8, 4) is 0 Å². The zero-order valence-corrected chi connectivity index (χ0v) is 16.4. The van der Waals surface area contributed by atoms with Gasteiger partial charge < -0.3 is 20.9 Å². The van der Waals surface area contributed by atoms with Crippen molar-refractivity contribution in [2.24, 2.45) is 5.10 Å². The van der Waals surface area contributed by atoms with E-state index >= 15 is 0 Å². The van der Waals surface area contributed by atoms with E-state index in [1.54, 1.807) is 6.20 Å². The number of hydrogen-bond donors (Lipinski definition) is 3. The number of piperazine rings is 1. The number of hydrogen-bond acceptors (Lipinski definition) is 7. The maximum Gasteiger partial charge on any atom is 0.115 e. The number of halogens is 1. The van der Waals surface area contributed by atoms with Gasteiger partial charge in [0.1, 0.15) is 11.5 Å². The van der Waals surface area contributed by atoms with E-state index < -0.39 is 0 Å². The van der Waals surface area contributed by atoms with E-state index in [9.17, 15) is 0 Å². The third kappa shape index (κ3) is 3.84. The average molecular weight is 398 g/mol. The largest absolute Gasteiger partial charge is 0.397 e. The number of hydrazone groups is 1. The van der Waals surface area contributed by atoms with E-state index in [2.05, 4.69) is 43.3 Å². The number of fused-ring (bicyclic) bond motifs is 1. The van der Waals surface area contributed by atoms with Gasteiger partial charge in [0.15, 0.2) is 0 Å². The lowest BCUT2D eigenvalue weighted by atomic mass is 10.1. The summed E-state index contributed by atoms with van der Waals surface area (Å²) in [4.78, 5) is 8.93. The third-order valence-corrected chi connectivity index (χ3v) is 5.27. The fourth-order valence-corrected chi connectivity index (χ4v) is 3.70. The molecule has 0 spiro atoms. The maximum atomic E-state index is 6.10. The Balaban J connectivity index is 1.37. The molecule has 4 rings (SSSR count). The summed E-state index contributed by atoms with van der Waals surface area (Å²) in [5.41, 5.74) is 13.8. The number of pyridine rings is 1. The van der Waals surface area contributed by atoms with Crippen molar-refractivity contribution in [2.45, 2.75) is 6.42 Å². The van der Waals surface area contributed by atoms with Crippen molar-refractivity contribution in [1.29, 1.82) is 0 Å². The standard InChI is InChI=1S/C20H24ClN7/c1-14(25-26-17-6-7-23-18-12-15(21)13-24-20(17)18)27-8-10-28(11-9-27)19-5-3-2-4-16(19)22/h2-5,12-13,23,25H,1,6-11,22H2/b26-17-. The van der Waals surface area contributed by atoms with Gasteiger partial charge in [0, 0.05) is 45.3 Å².